The Hall–Kier alpha value is -2.71. The molecule has 2 spiro atoms. The number of carbonyl (C=O) groups excluding carboxylic acids is 3. The van der Waals surface area contributed by atoms with Crippen LogP contribution in [0.1, 0.15) is 11.1 Å². The summed E-state index contributed by atoms with van der Waals surface area (Å²) in [4.78, 5) is 45.2. The predicted octanol–water partition coefficient (Wildman–Crippen LogP) is 2.25. The lowest BCUT2D eigenvalue weighted by molar-refractivity contribution is -0.158. The lowest BCUT2D eigenvalue weighted by Crippen LogP contribution is -2.66. The standard InChI is InChI=1S/C23H22BrN3O4/c1-26-13-21(12-24,20(30)31-3)22(15-9-5-7-11-17(15)27(2)19(22)29)23(26)14-8-4-6-10-16(14)25-18(23)28/h4-11H,12-13H2,1-3H3,(H,25,28)/t21-,22-,23-/m1/s1. The summed E-state index contributed by atoms with van der Waals surface area (Å²) in [6, 6.07) is 14.8. The van der Waals surface area contributed by atoms with Gasteiger partial charge in [-0.1, -0.05) is 52.3 Å². The van der Waals surface area contributed by atoms with E-state index in [1.54, 1.807) is 19.0 Å². The molecule has 7 nitrogen and oxygen atoms in total. The molecule has 0 aromatic heterocycles. The zero-order chi connectivity index (χ0) is 22.2. The Morgan fingerprint density at radius 1 is 1.10 bits per heavy atom. The minimum absolute atomic E-state index is 0.155. The normalized spacial score (nSPS) is 31.3. The molecule has 3 aliphatic heterocycles. The number of esters is 1. The number of hydrogen-bond donors (Lipinski definition) is 1. The fraction of sp³-hybridized carbons (Fsp3) is 0.348. The van der Waals surface area contributed by atoms with Crippen LogP contribution in [-0.2, 0) is 30.1 Å². The zero-order valence-corrected chi connectivity index (χ0v) is 19.0. The van der Waals surface area contributed by atoms with Crippen LogP contribution in [0.15, 0.2) is 48.5 Å². The topological polar surface area (TPSA) is 79.0 Å². The molecule has 2 aromatic carbocycles. The number of likely N-dealkylation sites (tertiary alicyclic amines) is 1. The summed E-state index contributed by atoms with van der Waals surface area (Å²) < 4.78 is 5.29. The Morgan fingerprint density at radius 2 is 1.74 bits per heavy atom. The van der Waals surface area contributed by atoms with Crippen LogP contribution in [-0.4, -0.2) is 55.8 Å². The van der Waals surface area contributed by atoms with E-state index in [4.69, 9.17) is 4.74 Å². The van der Waals surface area contributed by atoms with Crippen molar-refractivity contribution in [3.63, 3.8) is 0 Å². The Labute approximate surface area is 188 Å². The van der Waals surface area contributed by atoms with Crippen molar-refractivity contribution in [3.8, 4) is 0 Å². The number of rotatable bonds is 2. The van der Waals surface area contributed by atoms with E-state index < -0.39 is 22.3 Å². The molecular formula is C23H22BrN3O4. The van der Waals surface area contributed by atoms with E-state index in [0.29, 0.717) is 22.5 Å². The second-order valence-corrected chi connectivity index (χ2v) is 8.97. The molecule has 1 fully saturated rings. The minimum Gasteiger partial charge on any atom is -0.468 e. The number of amides is 2. The summed E-state index contributed by atoms with van der Waals surface area (Å²) in [5.41, 5.74) is -1.58. The molecule has 0 saturated carbocycles. The van der Waals surface area contributed by atoms with E-state index in [1.165, 1.54) is 7.11 Å². The summed E-state index contributed by atoms with van der Waals surface area (Å²) in [6.45, 7) is 0.167. The first kappa shape index (κ1) is 20.2. The maximum absolute atomic E-state index is 14.3. The molecule has 3 heterocycles. The van der Waals surface area contributed by atoms with Gasteiger partial charge in [0.05, 0.1) is 7.11 Å². The van der Waals surface area contributed by atoms with Crippen molar-refractivity contribution < 1.29 is 19.1 Å². The Balaban J connectivity index is 2.00. The average Bonchev–Trinajstić information content (AvgIpc) is 3.31. The van der Waals surface area contributed by atoms with Crippen molar-refractivity contribution in [3.05, 3.63) is 59.7 Å². The van der Waals surface area contributed by atoms with E-state index in [-0.39, 0.29) is 23.7 Å². The van der Waals surface area contributed by atoms with Crippen LogP contribution in [0, 0.1) is 5.41 Å². The Kier molecular flexibility index (Phi) is 4.17. The molecule has 5 rings (SSSR count). The molecule has 2 aromatic rings. The molecule has 31 heavy (non-hydrogen) atoms. The number of halogens is 1. The summed E-state index contributed by atoms with van der Waals surface area (Å²) >= 11 is 3.55. The number of benzene rings is 2. The lowest BCUT2D eigenvalue weighted by Gasteiger charge is -2.46. The third-order valence-corrected chi connectivity index (χ3v) is 8.29. The van der Waals surface area contributed by atoms with E-state index >= 15 is 0 Å². The van der Waals surface area contributed by atoms with Gasteiger partial charge < -0.3 is 15.0 Å². The molecule has 0 unspecified atom stereocenters. The molecule has 0 aliphatic carbocycles. The van der Waals surface area contributed by atoms with Gasteiger partial charge in [0.15, 0.2) is 0 Å². The average molecular weight is 484 g/mol. The van der Waals surface area contributed by atoms with Gasteiger partial charge in [0, 0.05) is 35.9 Å². The number of methoxy groups -OCH3 is 1. The summed E-state index contributed by atoms with van der Waals surface area (Å²) in [5.74, 6) is -1.14. The molecule has 0 radical (unpaired) electrons. The molecule has 1 saturated heterocycles. The third-order valence-electron chi connectivity index (χ3n) is 7.33. The first-order valence-electron chi connectivity index (χ1n) is 9.99. The van der Waals surface area contributed by atoms with Crippen LogP contribution in [0.4, 0.5) is 11.4 Å². The molecule has 0 bridgehead atoms. The van der Waals surface area contributed by atoms with Crippen molar-refractivity contribution in [2.24, 2.45) is 5.41 Å². The van der Waals surface area contributed by atoms with Gasteiger partial charge >= 0.3 is 5.97 Å². The van der Waals surface area contributed by atoms with Gasteiger partial charge in [-0.15, -0.1) is 0 Å². The molecular weight excluding hydrogens is 462 g/mol. The highest BCUT2D eigenvalue weighted by Gasteiger charge is 2.84. The quantitative estimate of drug-likeness (QED) is 0.523. The van der Waals surface area contributed by atoms with Crippen molar-refractivity contribution >= 4 is 45.1 Å². The molecule has 1 N–H and O–H groups in total. The number of para-hydroxylation sites is 2. The Bertz CT molecular complexity index is 1150. The van der Waals surface area contributed by atoms with E-state index in [1.807, 2.05) is 53.4 Å². The highest BCUT2D eigenvalue weighted by Crippen LogP contribution is 2.69. The molecule has 3 aliphatic rings. The van der Waals surface area contributed by atoms with Gasteiger partial charge in [-0.25, -0.2) is 0 Å². The lowest BCUT2D eigenvalue weighted by atomic mass is 9.53. The summed E-state index contributed by atoms with van der Waals surface area (Å²) in [6.07, 6.45) is 0. The van der Waals surface area contributed by atoms with Crippen LogP contribution >= 0.6 is 15.9 Å². The van der Waals surface area contributed by atoms with Crippen LogP contribution in [0.5, 0.6) is 0 Å². The highest BCUT2D eigenvalue weighted by molar-refractivity contribution is 9.09. The molecule has 2 amide bonds. The van der Waals surface area contributed by atoms with Crippen molar-refractivity contribution in [2.75, 3.05) is 43.3 Å². The van der Waals surface area contributed by atoms with Crippen LogP contribution < -0.4 is 10.2 Å². The predicted molar refractivity (Wildman–Crippen MR) is 119 cm³/mol. The van der Waals surface area contributed by atoms with Gasteiger partial charge in [0.25, 0.3) is 5.91 Å². The fourth-order valence-corrected chi connectivity index (χ4v) is 7.08. The largest absolute Gasteiger partial charge is 0.468 e. The third kappa shape index (κ3) is 1.92. The second kappa shape index (κ2) is 6.40. The number of anilines is 2. The number of carbonyl (C=O) groups is 3. The number of nitrogens with zero attached hydrogens (tertiary/aromatic N) is 2. The summed E-state index contributed by atoms with van der Waals surface area (Å²) in [7, 11) is 4.81. The second-order valence-electron chi connectivity index (χ2n) is 8.40. The monoisotopic (exact) mass is 483 g/mol. The Morgan fingerprint density at radius 3 is 2.42 bits per heavy atom. The highest BCUT2D eigenvalue weighted by atomic mass is 79.9. The molecule has 3 atom stereocenters. The number of alkyl halides is 1. The number of hydrogen-bond acceptors (Lipinski definition) is 5. The molecule has 160 valence electrons. The van der Waals surface area contributed by atoms with Gasteiger partial charge in [-0.05, 0) is 24.7 Å². The smallest absolute Gasteiger partial charge is 0.315 e. The van der Waals surface area contributed by atoms with Gasteiger partial charge in [-0.3, -0.25) is 19.3 Å². The minimum atomic E-state index is -1.52. The maximum Gasteiger partial charge on any atom is 0.315 e. The van der Waals surface area contributed by atoms with Crippen molar-refractivity contribution in [1.82, 2.24) is 4.90 Å². The van der Waals surface area contributed by atoms with Crippen LogP contribution in [0.2, 0.25) is 0 Å². The maximum atomic E-state index is 14.3. The van der Waals surface area contributed by atoms with E-state index in [9.17, 15) is 14.4 Å². The SMILES string of the molecule is COC(=O)[C@@]1(CBr)CN(C)[C@]2(C(=O)Nc3ccccc32)[C@]12C(=O)N(C)c1ccccc12. The fourth-order valence-electron chi connectivity index (χ4n) is 6.25. The first-order chi connectivity index (χ1) is 14.8. The summed E-state index contributed by atoms with van der Waals surface area (Å²) in [5, 5.41) is 3.13. The van der Waals surface area contributed by atoms with Gasteiger partial charge in [0.1, 0.15) is 16.4 Å². The number of fused-ring (bicyclic) bond motifs is 5. The van der Waals surface area contributed by atoms with Crippen molar-refractivity contribution in [1.29, 1.82) is 0 Å². The van der Waals surface area contributed by atoms with Gasteiger partial charge in [0.2, 0.25) is 5.91 Å². The first-order valence-corrected chi connectivity index (χ1v) is 11.1. The van der Waals surface area contributed by atoms with Crippen molar-refractivity contribution in [2.45, 2.75) is 11.0 Å². The van der Waals surface area contributed by atoms with E-state index in [0.717, 1.165) is 0 Å². The zero-order valence-electron chi connectivity index (χ0n) is 17.4. The number of nitrogens with one attached hydrogen (secondary N) is 1. The number of likely N-dealkylation sites (N-methyl/N-ethyl adjacent to an activating group) is 2. The molecule has 8 heteroatoms. The number of ether oxygens (including phenoxy) is 1. The van der Waals surface area contributed by atoms with Crippen LogP contribution in [0.3, 0.4) is 0 Å². The van der Waals surface area contributed by atoms with E-state index in [2.05, 4.69) is 21.2 Å². The van der Waals surface area contributed by atoms with Gasteiger partial charge in [-0.2, -0.15) is 0 Å². The van der Waals surface area contributed by atoms with Crippen LogP contribution in [0.25, 0.3) is 0 Å².